The molecule has 4 nitrogen and oxygen atoms in total. The Kier molecular flexibility index (Phi) is 3.90. The Morgan fingerprint density at radius 1 is 1.30 bits per heavy atom. The van der Waals surface area contributed by atoms with E-state index in [9.17, 15) is 0 Å². The molecule has 1 fully saturated rings. The lowest BCUT2D eigenvalue weighted by Crippen LogP contribution is -2.26. The van der Waals surface area contributed by atoms with Crippen LogP contribution in [-0.4, -0.2) is 20.6 Å². The van der Waals surface area contributed by atoms with E-state index in [-0.39, 0.29) is 0 Å². The lowest BCUT2D eigenvalue weighted by atomic mass is 9.83. The van der Waals surface area contributed by atoms with Gasteiger partial charge in [0, 0.05) is 12.2 Å². The van der Waals surface area contributed by atoms with Gasteiger partial charge in [0.25, 0.3) is 0 Å². The van der Waals surface area contributed by atoms with E-state index in [1.807, 2.05) is 16.8 Å². The van der Waals surface area contributed by atoms with Crippen LogP contribution in [0.1, 0.15) is 51.0 Å². The molecule has 0 radical (unpaired) electrons. The van der Waals surface area contributed by atoms with Crippen molar-refractivity contribution >= 4 is 11.6 Å². The first-order chi connectivity index (χ1) is 9.76. The SMILES string of the molecule is CCCC1CCC(Nc2nc3c(C)cccn3n2)CC1. The van der Waals surface area contributed by atoms with E-state index in [0.717, 1.165) is 17.5 Å². The predicted molar refractivity (Wildman–Crippen MR) is 82.0 cm³/mol. The van der Waals surface area contributed by atoms with E-state index in [4.69, 9.17) is 0 Å². The van der Waals surface area contributed by atoms with Gasteiger partial charge in [-0.05, 0) is 50.2 Å². The molecule has 20 heavy (non-hydrogen) atoms. The second-order valence-corrected chi connectivity index (χ2v) is 6.05. The fraction of sp³-hybridized carbons (Fsp3) is 0.625. The number of nitrogens with zero attached hydrogens (tertiary/aromatic N) is 3. The van der Waals surface area contributed by atoms with Crippen LogP contribution in [0.5, 0.6) is 0 Å². The van der Waals surface area contributed by atoms with Crippen LogP contribution in [0.15, 0.2) is 18.3 Å². The minimum absolute atomic E-state index is 0.542. The fourth-order valence-electron chi connectivity index (χ4n) is 3.29. The zero-order chi connectivity index (χ0) is 13.9. The molecule has 4 heteroatoms. The standard InChI is InChI=1S/C16H24N4/c1-3-5-13-7-9-14(10-8-13)17-16-18-15-12(2)6-4-11-20(15)19-16/h4,6,11,13-14H,3,5,7-10H2,1-2H3,(H,17,19). The lowest BCUT2D eigenvalue weighted by Gasteiger charge is -2.28. The Hall–Kier alpha value is -1.58. The van der Waals surface area contributed by atoms with Crippen molar-refractivity contribution in [3.63, 3.8) is 0 Å². The summed E-state index contributed by atoms with van der Waals surface area (Å²) in [5.41, 5.74) is 2.12. The minimum atomic E-state index is 0.542. The summed E-state index contributed by atoms with van der Waals surface area (Å²) < 4.78 is 1.86. The van der Waals surface area contributed by atoms with Gasteiger partial charge in [-0.1, -0.05) is 25.8 Å². The molecule has 0 aromatic carbocycles. The molecule has 0 bridgehead atoms. The molecule has 2 aromatic heterocycles. The quantitative estimate of drug-likeness (QED) is 0.920. The van der Waals surface area contributed by atoms with Crippen molar-refractivity contribution in [2.45, 2.75) is 58.4 Å². The second-order valence-electron chi connectivity index (χ2n) is 6.05. The Balaban J connectivity index is 1.64. The number of hydrogen-bond acceptors (Lipinski definition) is 3. The summed E-state index contributed by atoms with van der Waals surface area (Å²) in [5.74, 6) is 1.72. The molecule has 2 heterocycles. The molecule has 1 aliphatic carbocycles. The summed E-state index contributed by atoms with van der Waals surface area (Å²) in [4.78, 5) is 4.60. The molecule has 0 aliphatic heterocycles. The van der Waals surface area contributed by atoms with Gasteiger partial charge >= 0.3 is 0 Å². The van der Waals surface area contributed by atoms with E-state index in [2.05, 4.69) is 35.3 Å². The number of rotatable bonds is 4. The van der Waals surface area contributed by atoms with Crippen LogP contribution in [0, 0.1) is 12.8 Å². The fourth-order valence-corrected chi connectivity index (χ4v) is 3.29. The molecule has 0 amide bonds. The van der Waals surface area contributed by atoms with Gasteiger partial charge in [0.1, 0.15) is 0 Å². The highest BCUT2D eigenvalue weighted by Gasteiger charge is 2.21. The van der Waals surface area contributed by atoms with Crippen LogP contribution in [0.2, 0.25) is 0 Å². The van der Waals surface area contributed by atoms with Crippen LogP contribution in [0.3, 0.4) is 0 Å². The van der Waals surface area contributed by atoms with Crippen molar-refractivity contribution in [3.8, 4) is 0 Å². The van der Waals surface area contributed by atoms with Crippen molar-refractivity contribution in [1.29, 1.82) is 0 Å². The number of nitrogens with one attached hydrogen (secondary N) is 1. The smallest absolute Gasteiger partial charge is 0.243 e. The van der Waals surface area contributed by atoms with Gasteiger partial charge in [-0.3, -0.25) is 0 Å². The molecule has 0 saturated heterocycles. The topological polar surface area (TPSA) is 42.2 Å². The summed E-state index contributed by atoms with van der Waals surface area (Å²) >= 11 is 0. The molecule has 0 unspecified atom stereocenters. The Morgan fingerprint density at radius 3 is 2.80 bits per heavy atom. The molecule has 2 aromatic rings. The molecule has 1 saturated carbocycles. The van der Waals surface area contributed by atoms with Gasteiger partial charge in [-0.15, -0.1) is 5.10 Å². The van der Waals surface area contributed by atoms with Gasteiger partial charge in [0.15, 0.2) is 5.65 Å². The number of fused-ring (bicyclic) bond motifs is 1. The normalized spacial score (nSPS) is 23.1. The van der Waals surface area contributed by atoms with Crippen LogP contribution in [0.4, 0.5) is 5.95 Å². The van der Waals surface area contributed by atoms with Crippen molar-refractivity contribution in [1.82, 2.24) is 14.6 Å². The summed E-state index contributed by atoms with van der Waals surface area (Å²) in [6.45, 7) is 4.36. The molecule has 0 atom stereocenters. The zero-order valence-electron chi connectivity index (χ0n) is 12.5. The highest BCUT2D eigenvalue weighted by Crippen LogP contribution is 2.29. The van der Waals surface area contributed by atoms with E-state index in [1.54, 1.807) is 0 Å². The Labute approximate surface area is 120 Å². The van der Waals surface area contributed by atoms with Crippen molar-refractivity contribution in [2.24, 2.45) is 5.92 Å². The van der Waals surface area contributed by atoms with Crippen molar-refractivity contribution in [3.05, 3.63) is 23.9 Å². The highest BCUT2D eigenvalue weighted by atomic mass is 15.3. The number of pyridine rings is 1. The van der Waals surface area contributed by atoms with Gasteiger partial charge in [-0.2, -0.15) is 4.98 Å². The summed E-state index contributed by atoms with van der Waals surface area (Å²) in [5, 5.41) is 8.03. The first-order valence-corrected chi connectivity index (χ1v) is 7.84. The van der Waals surface area contributed by atoms with Crippen LogP contribution < -0.4 is 5.32 Å². The van der Waals surface area contributed by atoms with Crippen LogP contribution in [0.25, 0.3) is 5.65 Å². The second kappa shape index (κ2) is 5.81. The third-order valence-corrected chi connectivity index (χ3v) is 4.43. The minimum Gasteiger partial charge on any atom is -0.350 e. The average molecular weight is 272 g/mol. The molecule has 108 valence electrons. The maximum Gasteiger partial charge on any atom is 0.243 e. The Bertz CT molecular complexity index is 567. The third kappa shape index (κ3) is 2.79. The zero-order valence-corrected chi connectivity index (χ0v) is 12.5. The number of anilines is 1. The van der Waals surface area contributed by atoms with E-state index in [1.165, 1.54) is 44.1 Å². The molecule has 3 rings (SSSR count). The summed E-state index contributed by atoms with van der Waals surface area (Å²) in [6, 6.07) is 4.63. The third-order valence-electron chi connectivity index (χ3n) is 4.43. The molecular formula is C16H24N4. The van der Waals surface area contributed by atoms with E-state index in [0.29, 0.717) is 6.04 Å². The average Bonchev–Trinajstić information content (AvgIpc) is 2.85. The first kappa shape index (κ1) is 13.4. The van der Waals surface area contributed by atoms with Gasteiger partial charge in [-0.25, -0.2) is 4.52 Å². The van der Waals surface area contributed by atoms with Gasteiger partial charge in [0.05, 0.1) is 0 Å². The van der Waals surface area contributed by atoms with Crippen molar-refractivity contribution in [2.75, 3.05) is 5.32 Å². The number of aryl methyl sites for hydroxylation is 1. The van der Waals surface area contributed by atoms with E-state index >= 15 is 0 Å². The monoisotopic (exact) mass is 272 g/mol. The van der Waals surface area contributed by atoms with Gasteiger partial charge < -0.3 is 5.32 Å². The van der Waals surface area contributed by atoms with Crippen LogP contribution in [-0.2, 0) is 0 Å². The van der Waals surface area contributed by atoms with Crippen molar-refractivity contribution < 1.29 is 0 Å². The van der Waals surface area contributed by atoms with Gasteiger partial charge in [0.2, 0.25) is 5.95 Å². The first-order valence-electron chi connectivity index (χ1n) is 7.84. The molecule has 1 aliphatic rings. The highest BCUT2D eigenvalue weighted by molar-refractivity contribution is 5.49. The lowest BCUT2D eigenvalue weighted by molar-refractivity contribution is 0.318. The largest absolute Gasteiger partial charge is 0.350 e. The van der Waals surface area contributed by atoms with E-state index < -0.39 is 0 Å². The predicted octanol–water partition coefficient (Wildman–Crippen LogP) is 3.81. The Morgan fingerprint density at radius 2 is 2.10 bits per heavy atom. The molecular weight excluding hydrogens is 248 g/mol. The number of aromatic nitrogens is 3. The molecule has 1 N–H and O–H groups in total. The number of hydrogen-bond donors (Lipinski definition) is 1. The van der Waals surface area contributed by atoms with Crippen LogP contribution >= 0.6 is 0 Å². The molecule has 0 spiro atoms. The maximum absolute atomic E-state index is 4.60. The summed E-state index contributed by atoms with van der Waals surface area (Å²) in [6.07, 6.45) is 9.85. The maximum atomic E-state index is 4.60. The summed E-state index contributed by atoms with van der Waals surface area (Å²) in [7, 11) is 0.